The van der Waals surface area contributed by atoms with E-state index in [0.717, 1.165) is 16.0 Å². The van der Waals surface area contributed by atoms with Crippen LogP contribution in [-0.2, 0) is 26.8 Å². The number of nitrogens with one attached hydrogen (secondary N) is 2. The van der Waals surface area contributed by atoms with E-state index >= 15 is 0 Å². The predicted molar refractivity (Wildman–Crippen MR) is 111 cm³/mol. The van der Waals surface area contributed by atoms with E-state index in [1.54, 1.807) is 37.3 Å². The minimum Gasteiger partial charge on any atom is -0.329 e. The summed E-state index contributed by atoms with van der Waals surface area (Å²) < 4.78 is 28.5. The third-order valence-electron chi connectivity index (χ3n) is 4.83. The number of amides is 3. The second-order valence-corrected chi connectivity index (χ2v) is 9.82. The lowest BCUT2D eigenvalue weighted by molar-refractivity contribution is -0.125. The summed E-state index contributed by atoms with van der Waals surface area (Å²) in [5.74, 6) is -0.283. The van der Waals surface area contributed by atoms with Crippen molar-refractivity contribution >= 4 is 27.6 Å². The van der Waals surface area contributed by atoms with Crippen LogP contribution in [0.4, 0.5) is 10.5 Å². The summed E-state index contributed by atoms with van der Waals surface area (Å²) in [6.45, 7) is 8.01. The average Bonchev–Trinajstić information content (AvgIpc) is 2.94. The van der Waals surface area contributed by atoms with Crippen LogP contribution in [0.2, 0.25) is 0 Å². The summed E-state index contributed by atoms with van der Waals surface area (Å²) in [4.78, 5) is 24.7. The highest BCUT2D eigenvalue weighted by atomic mass is 32.2. The predicted octanol–water partition coefficient (Wildman–Crippen LogP) is 3.15. The molecule has 1 fully saturated rings. The Labute approximate surface area is 171 Å². The van der Waals surface area contributed by atoms with Crippen LogP contribution in [0.5, 0.6) is 0 Å². The summed E-state index contributed by atoms with van der Waals surface area (Å²) in [7, 11) is -3.76. The molecule has 1 aliphatic heterocycles. The standard InChI is InChI=1S/C21H25N3O4S/c1-14-5-8-16(21(2,3)4)11-18(14)29(27,28)23-17-9-6-15(7-10-17)13-24-19(25)12-22-20(24)26/h5-11,23H,12-13H2,1-4H3,(H,22,26). The molecule has 3 amide bonds. The van der Waals surface area contributed by atoms with Crippen molar-refractivity contribution < 1.29 is 18.0 Å². The number of carbonyl (C=O) groups is 2. The maximum absolute atomic E-state index is 12.9. The SMILES string of the molecule is Cc1ccc(C(C)(C)C)cc1S(=O)(=O)Nc1ccc(CN2C(=O)CNC2=O)cc1. The summed E-state index contributed by atoms with van der Waals surface area (Å²) in [5.41, 5.74) is 2.57. The molecule has 0 atom stereocenters. The van der Waals surface area contributed by atoms with E-state index in [1.165, 1.54) is 0 Å². The number of hydrogen-bond acceptors (Lipinski definition) is 4. The van der Waals surface area contributed by atoms with Crippen molar-refractivity contribution in [2.45, 2.75) is 44.6 Å². The van der Waals surface area contributed by atoms with Crippen molar-refractivity contribution in [3.05, 3.63) is 59.2 Å². The second-order valence-electron chi connectivity index (χ2n) is 8.17. The fourth-order valence-corrected chi connectivity index (χ4v) is 4.37. The van der Waals surface area contributed by atoms with Gasteiger partial charge in [0.15, 0.2) is 0 Å². The number of benzene rings is 2. The van der Waals surface area contributed by atoms with E-state index in [1.807, 2.05) is 32.9 Å². The first-order chi connectivity index (χ1) is 13.5. The van der Waals surface area contributed by atoms with Crippen LogP contribution in [0.15, 0.2) is 47.4 Å². The van der Waals surface area contributed by atoms with Crippen molar-refractivity contribution in [3.63, 3.8) is 0 Å². The number of carbonyl (C=O) groups excluding carboxylic acids is 2. The van der Waals surface area contributed by atoms with Crippen LogP contribution in [0.3, 0.4) is 0 Å². The van der Waals surface area contributed by atoms with Gasteiger partial charge in [-0.15, -0.1) is 0 Å². The quantitative estimate of drug-likeness (QED) is 0.734. The second kappa shape index (κ2) is 7.51. The number of nitrogens with zero attached hydrogens (tertiary/aromatic N) is 1. The van der Waals surface area contributed by atoms with Crippen LogP contribution in [0.1, 0.15) is 37.5 Å². The Bertz CT molecular complexity index is 1040. The molecule has 2 aromatic carbocycles. The molecule has 1 heterocycles. The zero-order valence-corrected chi connectivity index (χ0v) is 17.8. The van der Waals surface area contributed by atoms with Crippen LogP contribution in [0, 0.1) is 6.92 Å². The van der Waals surface area contributed by atoms with Crippen molar-refractivity contribution in [2.24, 2.45) is 0 Å². The summed E-state index contributed by atoms with van der Waals surface area (Å²) in [6.07, 6.45) is 0. The normalized spacial score (nSPS) is 14.8. The van der Waals surface area contributed by atoms with Crippen LogP contribution >= 0.6 is 0 Å². The number of anilines is 1. The van der Waals surface area contributed by atoms with Crippen LogP contribution in [-0.4, -0.2) is 31.8 Å². The average molecular weight is 416 g/mol. The number of aryl methyl sites for hydroxylation is 1. The molecule has 0 saturated carbocycles. The van der Waals surface area contributed by atoms with Gasteiger partial charge in [-0.25, -0.2) is 13.2 Å². The molecule has 0 aromatic heterocycles. The smallest absolute Gasteiger partial charge is 0.324 e. The summed E-state index contributed by atoms with van der Waals surface area (Å²) in [6, 6.07) is 11.7. The number of rotatable bonds is 5. The number of sulfonamides is 1. The molecule has 0 unspecified atom stereocenters. The highest BCUT2D eigenvalue weighted by molar-refractivity contribution is 7.92. The Balaban J connectivity index is 1.79. The Morgan fingerprint density at radius 3 is 2.28 bits per heavy atom. The van der Waals surface area contributed by atoms with E-state index in [2.05, 4.69) is 10.0 Å². The molecule has 7 nitrogen and oxygen atoms in total. The van der Waals surface area contributed by atoms with Crippen molar-refractivity contribution in [1.29, 1.82) is 0 Å². The lowest BCUT2D eigenvalue weighted by atomic mass is 9.87. The summed E-state index contributed by atoms with van der Waals surface area (Å²) in [5, 5.41) is 2.47. The van der Waals surface area contributed by atoms with Gasteiger partial charge >= 0.3 is 6.03 Å². The first kappa shape index (κ1) is 20.9. The molecule has 0 spiro atoms. The van der Waals surface area contributed by atoms with Gasteiger partial charge in [-0.05, 0) is 47.2 Å². The third-order valence-corrected chi connectivity index (χ3v) is 6.35. The molecule has 0 radical (unpaired) electrons. The van der Waals surface area contributed by atoms with Gasteiger partial charge in [0, 0.05) is 5.69 Å². The molecule has 8 heteroatoms. The van der Waals surface area contributed by atoms with Crippen LogP contribution < -0.4 is 10.0 Å². The monoisotopic (exact) mass is 415 g/mol. The molecule has 0 bridgehead atoms. The lowest BCUT2D eigenvalue weighted by Gasteiger charge is -2.21. The molecule has 2 aromatic rings. The van der Waals surface area contributed by atoms with E-state index in [9.17, 15) is 18.0 Å². The van der Waals surface area contributed by atoms with Gasteiger partial charge in [0.2, 0.25) is 5.91 Å². The molecule has 154 valence electrons. The van der Waals surface area contributed by atoms with Gasteiger partial charge in [0.05, 0.1) is 18.0 Å². The molecule has 0 aliphatic carbocycles. The maximum atomic E-state index is 12.9. The maximum Gasteiger partial charge on any atom is 0.324 e. The topological polar surface area (TPSA) is 95.6 Å². The Kier molecular flexibility index (Phi) is 5.40. The Hall–Kier alpha value is -2.87. The largest absolute Gasteiger partial charge is 0.329 e. The third kappa shape index (κ3) is 4.59. The van der Waals surface area contributed by atoms with E-state index in [-0.39, 0.29) is 29.3 Å². The van der Waals surface area contributed by atoms with E-state index in [4.69, 9.17) is 0 Å². The number of imide groups is 1. The molecule has 3 rings (SSSR count). The molecular weight excluding hydrogens is 390 g/mol. The van der Waals surface area contributed by atoms with Gasteiger partial charge in [-0.3, -0.25) is 14.4 Å². The van der Waals surface area contributed by atoms with Gasteiger partial charge in [-0.2, -0.15) is 0 Å². The van der Waals surface area contributed by atoms with Crippen molar-refractivity contribution in [2.75, 3.05) is 11.3 Å². The van der Waals surface area contributed by atoms with Gasteiger partial charge in [-0.1, -0.05) is 45.0 Å². The first-order valence-corrected chi connectivity index (χ1v) is 10.8. The van der Waals surface area contributed by atoms with E-state index in [0.29, 0.717) is 11.3 Å². The molecule has 2 N–H and O–H groups in total. The van der Waals surface area contributed by atoms with Gasteiger partial charge in [0.1, 0.15) is 0 Å². The fourth-order valence-electron chi connectivity index (χ4n) is 3.04. The molecule has 29 heavy (non-hydrogen) atoms. The Morgan fingerprint density at radius 1 is 1.07 bits per heavy atom. The molecule has 1 saturated heterocycles. The zero-order valence-electron chi connectivity index (χ0n) is 16.9. The van der Waals surface area contributed by atoms with Gasteiger partial charge < -0.3 is 5.32 Å². The minimum absolute atomic E-state index is 0.00367. The van der Waals surface area contributed by atoms with Crippen LogP contribution in [0.25, 0.3) is 0 Å². The highest BCUT2D eigenvalue weighted by Gasteiger charge is 2.28. The van der Waals surface area contributed by atoms with Crippen molar-refractivity contribution in [3.8, 4) is 0 Å². The minimum atomic E-state index is -3.76. The lowest BCUT2D eigenvalue weighted by Crippen LogP contribution is -2.30. The van der Waals surface area contributed by atoms with Crippen molar-refractivity contribution in [1.82, 2.24) is 10.2 Å². The molecular formula is C21H25N3O4S. The first-order valence-electron chi connectivity index (χ1n) is 9.28. The highest BCUT2D eigenvalue weighted by Crippen LogP contribution is 2.28. The van der Waals surface area contributed by atoms with Gasteiger partial charge in [0.25, 0.3) is 10.0 Å². The van der Waals surface area contributed by atoms with E-state index < -0.39 is 16.1 Å². The zero-order chi connectivity index (χ0) is 21.4. The summed E-state index contributed by atoms with van der Waals surface area (Å²) >= 11 is 0. The number of hydrogen-bond donors (Lipinski definition) is 2. The Morgan fingerprint density at radius 2 is 1.72 bits per heavy atom. The molecule has 1 aliphatic rings. The fraction of sp³-hybridized carbons (Fsp3) is 0.333. The number of urea groups is 1.